The minimum atomic E-state index is -0.457. The summed E-state index contributed by atoms with van der Waals surface area (Å²) in [6.07, 6.45) is 1.48. The van der Waals surface area contributed by atoms with Gasteiger partial charge in [0.15, 0.2) is 23.1 Å². The maximum atomic E-state index is 11.7. The number of aromatic nitrogens is 1. The van der Waals surface area contributed by atoms with E-state index in [1.54, 1.807) is 18.2 Å². The van der Waals surface area contributed by atoms with E-state index in [9.17, 15) is 9.90 Å². The van der Waals surface area contributed by atoms with Crippen molar-refractivity contribution in [3.05, 3.63) is 42.1 Å². The van der Waals surface area contributed by atoms with Crippen LogP contribution in [0.3, 0.4) is 0 Å². The zero-order valence-corrected chi connectivity index (χ0v) is 11.0. The van der Waals surface area contributed by atoms with E-state index >= 15 is 0 Å². The smallest absolute Gasteiger partial charge is 0.320 e. The summed E-state index contributed by atoms with van der Waals surface area (Å²) in [6, 6.07) is 8.00. The minimum absolute atomic E-state index is 0.0873. The number of ether oxygens (including phenoxy) is 2. The second-order valence-electron chi connectivity index (χ2n) is 4.37. The predicted octanol–water partition coefficient (Wildman–Crippen LogP) is 1.84. The number of nitrogens with one attached hydrogen (secondary N) is 2. The minimum Gasteiger partial charge on any atom is -0.504 e. The molecule has 108 valence electrons. The number of aromatic hydroxyl groups is 1. The Hall–Kier alpha value is -2.96. The second kappa shape index (κ2) is 5.58. The Kier molecular flexibility index (Phi) is 3.46. The van der Waals surface area contributed by atoms with Crippen LogP contribution in [0, 0.1) is 0 Å². The first-order valence-corrected chi connectivity index (χ1v) is 6.30. The quantitative estimate of drug-likeness (QED) is 0.801. The first-order chi connectivity index (χ1) is 10.2. The molecule has 2 aromatic rings. The number of nitrogens with zero attached hydrogens (tertiary/aromatic N) is 1. The van der Waals surface area contributed by atoms with Crippen molar-refractivity contribution in [2.24, 2.45) is 0 Å². The average Bonchev–Trinajstić information content (AvgIpc) is 2.95. The Labute approximate surface area is 120 Å². The molecule has 3 rings (SSSR count). The molecule has 0 aliphatic carbocycles. The van der Waals surface area contributed by atoms with Gasteiger partial charge in [-0.2, -0.15) is 0 Å². The Balaban J connectivity index is 1.58. The standard InChI is InChI=1S/C14H13N3O4/c18-10-2-1-5-15-13(10)17-14(19)16-7-9-3-4-11-12(6-9)21-8-20-11/h1-6,18H,7-8H2,(H2,15,16,17,19). The lowest BCUT2D eigenvalue weighted by atomic mass is 10.2. The van der Waals surface area contributed by atoms with Gasteiger partial charge in [0.1, 0.15) is 0 Å². The van der Waals surface area contributed by atoms with E-state index < -0.39 is 6.03 Å². The van der Waals surface area contributed by atoms with Crippen LogP contribution in [0.15, 0.2) is 36.5 Å². The summed E-state index contributed by atoms with van der Waals surface area (Å²) in [5.41, 5.74) is 0.875. The van der Waals surface area contributed by atoms with Crippen molar-refractivity contribution in [3.8, 4) is 17.2 Å². The van der Waals surface area contributed by atoms with E-state index in [1.165, 1.54) is 12.3 Å². The van der Waals surface area contributed by atoms with Crippen LogP contribution < -0.4 is 20.1 Å². The highest BCUT2D eigenvalue weighted by molar-refractivity contribution is 5.89. The van der Waals surface area contributed by atoms with Crippen LogP contribution in [0.25, 0.3) is 0 Å². The molecule has 0 unspecified atom stereocenters. The molecule has 0 saturated heterocycles. The van der Waals surface area contributed by atoms with Crippen LogP contribution in [0.5, 0.6) is 17.2 Å². The number of hydrogen-bond acceptors (Lipinski definition) is 5. The molecule has 1 aliphatic heterocycles. The first-order valence-electron chi connectivity index (χ1n) is 6.30. The number of anilines is 1. The van der Waals surface area contributed by atoms with Gasteiger partial charge in [0.25, 0.3) is 0 Å². The molecule has 2 amide bonds. The van der Waals surface area contributed by atoms with Gasteiger partial charge < -0.3 is 19.9 Å². The number of hydrogen-bond donors (Lipinski definition) is 3. The zero-order valence-electron chi connectivity index (χ0n) is 11.0. The highest BCUT2D eigenvalue weighted by Crippen LogP contribution is 2.32. The van der Waals surface area contributed by atoms with Gasteiger partial charge in [-0.25, -0.2) is 9.78 Å². The maximum Gasteiger partial charge on any atom is 0.320 e. The van der Waals surface area contributed by atoms with Crippen LogP contribution in [-0.4, -0.2) is 22.9 Å². The summed E-state index contributed by atoms with van der Waals surface area (Å²) in [7, 11) is 0. The summed E-state index contributed by atoms with van der Waals surface area (Å²) < 4.78 is 10.5. The predicted molar refractivity (Wildman–Crippen MR) is 74.3 cm³/mol. The number of rotatable bonds is 3. The number of fused-ring (bicyclic) bond motifs is 1. The number of carbonyl (C=O) groups excluding carboxylic acids is 1. The lowest BCUT2D eigenvalue weighted by Crippen LogP contribution is -2.28. The molecule has 1 aliphatic rings. The zero-order chi connectivity index (χ0) is 14.7. The Morgan fingerprint density at radius 2 is 2.14 bits per heavy atom. The molecule has 0 bridgehead atoms. The van der Waals surface area contributed by atoms with Crippen LogP contribution in [0.2, 0.25) is 0 Å². The molecule has 7 heteroatoms. The fourth-order valence-electron chi connectivity index (χ4n) is 1.88. The SMILES string of the molecule is O=C(NCc1ccc2c(c1)OCO2)Nc1ncccc1O. The van der Waals surface area contributed by atoms with Crippen LogP contribution in [0.1, 0.15) is 5.56 Å². The number of urea groups is 1. The van der Waals surface area contributed by atoms with E-state index in [2.05, 4.69) is 15.6 Å². The molecule has 1 aromatic heterocycles. The monoisotopic (exact) mass is 287 g/mol. The van der Waals surface area contributed by atoms with Crippen LogP contribution in [-0.2, 0) is 6.54 Å². The Morgan fingerprint density at radius 1 is 1.29 bits per heavy atom. The molecule has 0 atom stereocenters. The molecule has 0 fully saturated rings. The van der Waals surface area contributed by atoms with E-state index in [0.717, 1.165) is 5.56 Å². The number of pyridine rings is 1. The van der Waals surface area contributed by atoms with Gasteiger partial charge in [0.05, 0.1) is 0 Å². The van der Waals surface area contributed by atoms with Gasteiger partial charge >= 0.3 is 6.03 Å². The molecule has 2 heterocycles. The molecular weight excluding hydrogens is 274 g/mol. The first kappa shape index (κ1) is 13.0. The fourth-order valence-corrected chi connectivity index (χ4v) is 1.88. The highest BCUT2D eigenvalue weighted by Gasteiger charge is 2.13. The van der Waals surface area contributed by atoms with E-state index in [0.29, 0.717) is 18.0 Å². The van der Waals surface area contributed by atoms with E-state index in [1.807, 2.05) is 6.07 Å². The van der Waals surface area contributed by atoms with Gasteiger partial charge in [0.2, 0.25) is 6.79 Å². The van der Waals surface area contributed by atoms with Gasteiger partial charge in [-0.15, -0.1) is 0 Å². The van der Waals surface area contributed by atoms with Gasteiger partial charge in [-0.05, 0) is 29.8 Å². The lowest BCUT2D eigenvalue weighted by molar-refractivity contribution is 0.174. The summed E-state index contributed by atoms with van der Waals surface area (Å²) in [5, 5.41) is 14.6. The molecule has 0 saturated carbocycles. The third-order valence-corrected chi connectivity index (χ3v) is 2.91. The summed E-state index contributed by atoms with van der Waals surface area (Å²) >= 11 is 0. The lowest BCUT2D eigenvalue weighted by Gasteiger charge is -2.08. The molecular formula is C14H13N3O4. The van der Waals surface area contributed by atoms with Crippen LogP contribution >= 0.6 is 0 Å². The molecule has 21 heavy (non-hydrogen) atoms. The highest BCUT2D eigenvalue weighted by atomic mass is 16.7. The molecule has 0 radical (unpaired) electrons. The topological polar surface area (TPSA) is 92.7 Å². The van der Waals surface area contributed by atoms with Crippen molar-refractivity contribution in [2.75, 3.05) is 12.1 Å². The largest absolute Gasteiger partial charge is 0.504 e. The summed E-state index contributed by atoms with van der Waals surface area (Å²) in [5.74, 6) is 1.38. The number of amides is 2. The van der Waals surface area contributed by atoms with Gasteiger partial charge in [-0.1, -0.05) is 6.07 Å². The summed E-state index contributed by atoms with van der Waals surface area (Å²) in [6.45, 7) is 0.529. The Bertz CT molecular complexity index is 675. The van der Waals surface area contributed by atoms with Crippen molar-refractivity contribution < 1.29 is 19.4 Å². The molecule has 1 aromatic carbocycles. The average molecular weight is 287 g/mol. The summed E-state index contributed by atoms with van der Waals surface area (Å²) in [4.78, 5) is 15.6. The van der Waals surface area contributed by atoms with Gasteiger partial charge in [0, 0.05) is 12.7 Å². The van der Waals surface area contributed by atoms with Crippen molar-refractivity contribution in [1.29, 1.82) is 0 Å². The maximum absolute atomic E-state index is 11.7. The van der Waals surface area contributed by atoms with Gasteiger partial charge in [-0.3, -0.25) is 5.32 Å². The molecule has 3 N–H and O–H groups in total. The third kappa shape index (κ3) is 2.97. The van der Waals surface area contributed by atoms with E-state index in [-0.39, 0.29) is 18.4 Å². The molecule has 0 spiro atoms. The normalized spacial score (nSPS) is 12.0. The third-order valence-electron chi connectivity index (χ3n) is 2.91. The van der Waals surface area contributed by atoms with Crippen molar-refractivity contribution in [2.45, 2.75) is 6.54 Å². The second-order valence-corrected chi connectivity index (χ2v) is 4.37. The van der Waals surface area contributed by atoms with Crippen molar-refractivity contribution >= 4 is 11.8 Å². The van der Waals surface area contributed by atoms with Crippen molar-refractivity contribution in [1.82, 2.24) is 10.3 Å². The number of carbonyl (C=O) groups is 1. The van der Waals surface area contributed by atoms with E-state index in [4.69, 9.17) is 9.47 Å². The number of benzene rings is 1. The van der Waals surface area contributed by atoms with Crippen LogP contribution in [0.4, 0.5) is 10.6 Å². The van der Waals surface area contributed by atoms with Crippen molar-refractivity contribution in [3.63, 3.8) is 0 Å². The molecule has 7 nitrogen and oxygen atoms in total. The fraction of sp³-hybridized carbons (Fsp3) is 0.143. The Morgan fingerprint density at radius 3 is 3.00 bits per heavy atom.